The molecule has 5 rings (SSSR count). The number of amides is 3. The number of carbonyl (C=O) groups excluding carboxylic acids is 3. The van der Waals surface area contributed by atoms with Gasteiger partial charge in [0.15, 0.2) is 23.3 Å². The summed E-state index contributed by atoms with van der Waals surface area (Å²) in [6.07, 6.45) is 3.81. The average molecular weight is 743 g/mol. The van der Waals surface area contributed by atoms with Crippen LogP contribution >= 0.6 is 11.3 Å². The fourth-order valence-corrected chi connectivity index (χ4v) is 7.09. The van der Waals surface area contributed by atoms with Crippen LogP contribution in [0.2, 0.25) is 0 Å². The molecule has 2 atom stereocenters. The van der Waals surface area contributed by atoms with E-state index >= 15 is 0 Å². The maximum absolute atomic E-state index is 14.8. The third-order valence-electron chi connectivity index (χ3n) is 8.80. The van der Waals surface area contributed by atoms with Crippen LogP contribution in [0.25, 0.3) is 11.3 Å². The van der Waals surface area contributed by atoms with Gasteiger partial charge in [0.05, 0.1) is 37.7 Å². The highest BCUT2D eigenvalue weighted by atomic mass is 32.1. The molecule has 12 nitrogen and oxygen atoms in total. The number of anilines is 2. The second-order valence-corrected chi connectivity index (χ2v) is 15.0. The molecule has 3 aromatic rings. The number of benzene rings is 2. The molecule has 3 amide bonds. The van der Waals surface area contributed by atoms with Gasteiger partial charge in [0.25, 0.3) is 11.8 Å². The summed E-state index contributed by atoms with van der Waals surface area (Å²) in [6, 6.07) is 7.27. The number of rotatable bonds is 15. The fourth-order valence-electron chi connectivity index (χ4n) is 6.21. The van der Waals surface area contributed by atoms with E-state index in [1.165, 1.54) is 24.5 Å². The third kappa shape index (κ3) is 10.6. The number of carbonyl (C=O) groups is 3. The zero-order valence-electron chi connectivity index (χ0n) is 30.1. The lowest BCUT2D eigenvalue weighted by atomic mass is 9.88. The van der Waals surface area contributed by atoms with Gasteiger partial charge in [-0.05, 0) is 67.9 Å². The molecular weight excluding hydrogens is 695 g/mol. The summed E-state index contributed by atoms with van der Waals surface area (Å²) in [5.41, 5.74) is 1.71. The zero-order valence-corrected chi connectivity index (χ0v) is 30.9. The Morgan fingerprint density at radius 2 is 1.81 bits per heavy atom. The fraction of sp³-hybridized carbons (Fsp3) is 0.514. The molecule has 0 aliphatic carbocycles. The molecule has 0 saturated carbocycles. The molecule has 2 fully saturated rings. The second kappa shape index (κ2) is 17.9. The van der Waals surface area contributed by atoms with Crippen LogP contribution < -0.4 is 35.6 Å². The first-order chi connectivity index (χ1) is 24.9. The average Bonchev–Trinajstić information content (AvgIpc) is 3.80. The van der Waals surface area contributed by atoms with E-state index in [-0.39, 0.29) is 34.6 Å². The molecule has 0 spiro atoms. The van der Waals surface area contributed by atoms with Crippen LogP contribution in [0.1, 0.15) is 63.2 Å². The van der Waals surface area contributed by atoms with E-state index in [0.29, 0.717) is 81.0 Å². The lowest BCUT2D eigenvalue weighted by Crippen LogP contribution is -2.40. The Balaban J connectivity index is 1.03. The van der Waals surface area contributed by atoms with Crippen molar-refractivity contribution in [2.24, 2.45) is 5.41 Å². The topological polar surface area (TPSA) is 143 Å². The summed E-state index contributed by atoms with van der Waals surface area (Å²) < 4.78 is 45.3. The molecule has 3 heterocycles. The number of halogens is 2. The van der Waals surface area contributed by atoms with Gasteiger partial charge in [-0.15, -0.1) is 11.3 Å². The molecule has 0 bridgehead atoms. The number of nitrogens with one attached hydrogen (secondary N) is 4. The van der Waals surface area contributed by atoms with E-state index in [2.05, 4.69) is 51.9 Å². The molecule has 2 aliphatic rings. The lowest BCUT2D eigenvalue weighted by Gasteiger charge is -2.26. The van der Waals surface area contributed by atoms with Crippen molar-refractivity contribution in [3.63, 3.8) is 0 Å². The molecule has 2 aliphatic heterocycles. The van der Waals surface area contributed by atoms with Crippen molar-refractivity contribution >= 4 is 39.9 Å². The number of morpholine rings is 1. The minimum absolute atomic E-state index is 0.134. The first kappa shape index (κ1) is 38.9. The monoisotopic (exact) mass is 742 g/mol. The minimum Gasteiger partial charge on any atom is -0.495 e. The SMILES string of the molecule is COc1cc(C(=O)NCCCCNC(=O)COc2c(-c3csc(N4CCOCC4)n3)ccc(F)c2F)ccc1NC(=O)C1CCC(CC(C)(C)C)N1. The second-order valence-electron chi connectivity index (χ2n) is 14.1. The van der Waals surface area contributed by atoms with Gasteiger partial charge in [-0.2, -0.15) is 4.39 Å². The summed E-state index contributed by atoms with van der Waals surface area (Å²) in [7, 11) is 1.48. The van der Waals surface area contributed by atoms with Gasteiger partial charge in [0.2, 0.25) is 11.7 Å². The van der Waals surface area contributed by atoms with Crippen molar-refractivity contribution in [1.82, 2.24) is 20.9 Å². The highest BCUT2D eigenvalue weighted by molar-refractivity contribution is 7.14. The van der Waals surface area contributed by atoms with Crippen LogP contribution in [0.3, 0.4) is 0 Å². The smallest absolute Gasteiger partial charge is 0.257 e. The van der Waals surface area contributed by atoms with Crippen LogP contribution in [0.15, 0.2) is 35.7 Å². The number of hydrogen-bond donors (Lipinski definition) is 4. The quantitative estimate of drug-likeness (QED) is 0.156. The molecule has 282 valence electrons. The largest absolute Gasteiger partial charge is 0.495 e. The summed E-state index contributed by atoms with van der Waals surface area (Å²) in [5.74, 6) is -3.22. The molecule has 2 saturated heterocycles. The Labute approximate surface area is 307 Å². The molecule has 0 radical (unpaired) electrons. The lowest BCUT2D eigenvalue weighted by molar-refractivity contribution is -0.123. The molecule has 15 heteroatoms. The Kier molecular flexibility index (Phi) is 13.4. The number of aromatic nitrogens is 1. The van der Waals surface area contributed by atoms with E-state index in [9.17, 15) is 23.2 Å². The Hall–Kier alpha value is -4.34. The number of thiazole rings is 1. The Morgan fingerprint density at radius 1 is 1.06 bits per heavy atom. The highest BCUT2D eigenvalue weighted by Gasteiger charge is 2.32. The van der Waals surface area contributed by atoms with E-state index in [0.717, 1.165) is 30.5 Å². The van der Waals surface area contributed by atoms with Crippen molar-refractivity contribution in [3.05, 3.63) is 52.9 Å². The first-order valence-electron chi connectivity index (χ1n) is 17.6. The van der Waals surface area contributed by atoms with Gasteiger partial charge in [-0.3, -0.25) is 14.4 Å². The molecule has 1 aromatic heterocycles. The molecular formula is C37H48F2N6O6S. The van der Waals surface area contributed by atoms with Gasteiger partial charge < -0.3 is 40.4 Å². The van der Waals surface area contributed by atoms with Crippen molar-refractivity contribution in [3.8, 4) is 22.8 Å². The van der Waals surface area contributed by atoms with Gasteiger partial charge in [0.1, 0.15) is 5.75 Å². The maximum atomic E-state index is 14.8. The number of hydrogen-bond acceptors (Lipinski definition) is 10. The zero-order chi connectivity index (χ0) is 37.3. The van der Waals surface area contributed by atoms with Gasteiger partial charge >= 0.3 is 0 Å². The van der Waals surface area contributed by atoms with Gasteiger partial charge in [-0.1, -0.05) is 20.8 Å². The molecule has 2 aromatic carbocycles. The highest BCUT2D eigenvalue weighted by Crippen LogP contribution is 2.36. The molecule has 4 N–H and O–H groups in total. The Morgan fingerprint density at radius 3 is 2.54 bits per heavy atom. The molecule has 2 unspecified atom stereocenters. The van der Waals surface area contributed by atoms with Crippen molar-refractivity contribution in [2.45, 2.75) is 65.0 Å². The van der Waals surface area contributed by atoms with E-state index in [1.807, 2.05) is 0 Å². The third-order valence-corrected chi connectivity index (χ3v) is 9.70. The predicted molar refractivity (Wildman–Crippen MR) is 196 cm³/mol. The van der Waals surface area contributed by atoms with Crippen LogP contribution in [0, 0.1) is 17.0 Å². The summed E-state index contributed by atoms with van der Waals surface area (Å²) in [6.45, 7) is 9.23. The predicted octanol–water partition coefficient (Wildman–Crippen LogP) is 5.13. The minimum atomic E-state index is -1.19. The van der Waals surface area contributed by atoms with Crippen molar-refractivity contribution in [1.29, 1.82) is 0 Å². The first-order valence-corrected chi connectivity index (χ1v) is 18.5. The number of nitrogens with zero attached hydrogens (tertiary/aromatic N) is 2. The summed E-state index contributed by atoms with van der Waals surface area (Å²) in [4.78, 5) is 44.9. The number of unbranched alkanes of at least 4 members (excludes halogenated alkanes) is 1. The summed E-state index contributed by atoms with van der Waals surface area (Å²) >= 11 is 1.38. The summed E-state index contributed by atoms with van der Waals surface area (Å²) in [5, 5.41) is 14.4. The molecule has 52 heavy (non-hydrogen) atoms. The van der Waals surface area contributed by atoms with Gasteiger partial charge in [0, 0.05) is 48.7 Å². The Bertz CT molecular complexity index is 1710. The van der Waals surface area contributed by atoms with E-state index in [1.54, 1.807) is 23.6 Å². The number of methoxy groups -OCH3 is 1. The van der Waals surface area contributed by atoms with Crippen LogP contribution in [-0.2, 0) is 14.3 Å². The van der Waals surface area contributed by atoms with E-state index in [4.69, 9.17) is 14.2 Å². The standard InChI is InChI=1S/C37H48F2N6O6S/c1-37(2,3)20-24-8-12-28(42-24)35(48)43-27-11-7-23(19-30(27)49-4)34(47)41-14-6-5-13-40-31(46)21-51-33-25(9-10-26(38)32(33)39)29-22-52-36(44-29)45-15-17-50-18-16-45/h7,9-11,19,22,24,28,42H,5-6,8,12-18,20-21H2,1-4H3,(H,40,46)(H,41,47)(H,43,48). The van der Waals surface area contributed by atoms with Crippen LogP contribution in [-0.4, -0.2) is 87.9 Å². The maximum Gasteiger partial charge on any atom is 0.257 e. The van der Waals surface area contributed by atoms with Crippen molar-refractivity contribution < 1.29 is 37.4 Å². The normalized spacial score (nSPS) is 17.5. The van der Waals surface area contributed by atoms with E-state index < -0.39 is 24.1 Å². The van der Waals surface area contributed by atoms with Gasteiger partial charge in [-0.25, -0.2) is 9.37 Å². The van der Waals surface area contributed by atoms with Crippen molar-refractivity contribution in [2.75, 3.05) is 63.3 Å². The van der Waals surface area contributed by atoms with Crippen LogP contribution in [0.5, 0.6) is 11.5 Å². The number of ether oxygens (including phenoxy) is 3. The van der Waals surface area contributed by atoms with Crippen LogP contribution in [0.4, 0.5) is 19.6 Å².